The summed E-state index contributed by atoms with van der Waals surface area (Å²) >= 11 is 1.39. The Morgan fingerprint density at radius 1 is 0.597 bits per heavy atom. The first-order chi connectivity index (χ1) is 32.0. The van der Waals surface area contributed by atoms with Gasteiger partial charge in [0.1, 0.15) is 11.6 Å². The maximum Gasteiger partial charge on any atom is 0.346 e. The lowest BCUT2D eigenvalue weighted by molar-refractivity contribution is -0.132. The van der Waals surface area contributed by atoms with Crippen molar-refractivity contribution in [2.75, 3.05) is 18.0 Å². The normalized spacial score (nSPS) is 14.3. The molecule has 0 unspecified atom stereocenters. The molecule has 8 nitrogen and oxygen atoms in total. The first-order valence-corrected chi connectivity index (χ1v) is 24.7. The zero-order chi connectivity index (χ0) is 48.0. The van der Waals surface area contributed by atoms with Gasteiger partial charge in [0.15, 0.2) is 0 Å². The number of benzene rings is 4. The smallest absolute Gasteiger partial charge is 0.346 e. The second-order valence-electron chi connectivity index (χ2n) is 19.7. The summed E-state index contributed by atoms with van der Waals surface area (Å²) in [5.74, 6) is -1.55. The van der Waals surface area contributed by atoms with Crippen molar-refractivity contribution < 1.29 is 19.5 Å². The third kappa shape index (κ3) is 10.6. The van der Waals surface area contributed by atoms with E-state index < -0.39 is 5.97 Å². The van der Waals surface area contributed by atoms with Crippen LogP contribution in [-0.4, -0.2) is 45.8 Å². The van der Waals surface area contributed by atoms with Crippen LogP contribution < -0.4 is 4.90 Å². The van der Waals surface area contributed by atoms with E-state index in [0.717, 1.165) is 90.0 Å². The van der Waals surface area contributed by atoms with Crippen LogP contribution in [0.4, 0.5) is 17.1 Å². The molecular weight excluding hydrogens is 849 g/mol. The predicted molar refractivity (Wildman–Crippen MR) is 275 cm³/mol. The lowest BCUT2D eigenvalue weighted by Gasteiger charge is -2.28. The summed E-state index contributed by atoms with van der Waals surface area (Å²) in [4.78, 5) is 49.1. The van der Waals surface area contributed by atoms with E-state index in [4.69, 9.17) is 0 Å². The number of carboxylic acid groups (broad SMARTS) is 1. The highest BCUT2D eigenvalue weighted by molar-refractivity contribution is 7.16. The monoisotopic (exact) mass is 912 g/mol. The minimum Gasteiger partial charge on any atom is -0.477 e. The number of amides is 2. The largest absolute Gasteiger partial charge is 0.477 e. The number of unbranched alkanes of at least 4 members (excludes halogenated alkanes) is 6. The quantitative estimate of drug-likeness (QED) is 0.0533. The van der Waals surface area contributed by atoms with Gasteiger partial charge in [-0.2, -0.15) is 5.26 Å². The van der Waals surface area contributed by atoms with Crippen molar-refractivity contribution in [2.24, 2.45) is 0 Å². The third-order valence-electron chi connectivity index (χ3n) is 12.7. The van der Waals surface area contributed by atoms with Crippen LogP contribution in [0.25, 0.3) is 27.9 Å². The molecule has 346 valence electrons. The number of aliphatic carboxylic acids is 1. The zero-order valence-electron chi connectivity index (χ0n) is 40.4. The van der Waals surface area contributed by atoms with Crippen molar-refractivity contribution in [1.82, 2.24) is 9.80 Å². The van der Waals surface area contributed by atoms with Crippen LogP contribution in [0.5, 0.6) is 0 Å². The van der Waals surface area contributed by atoms with Gasteiger partial charge in [-0.05, 0) is 106 Å². The van der Waals surface area contributed by atoms with Crippen LogP contribution in [0.2, 0.25) is 0 Å². The summed E-state index contributed by atoms with van der Waals surface area (Å²) in [7, 11) is 0. The topological polar surface area (TPSA) is 105 Å². The molecule has 0 saturated carbocycles. The van der Waals surface area contributed by atoms with Gasteiger partial charge < -0.3 is 19.8 Å². The molecule has 1 N–H and O–H groups in total. The molecule has 4 aromatic carbocycles. The third-order valence-corrected chi connectivity index (χ3v) is 13.8. The van der Waals surface area contributed by atoms with Crippen molar-refractivity contribution in [2.45, 2.75) is 118 Å². The van der Waals surface area contributed by atoms with Crippen molar-refractivity contribution >= 4 is 63.7 Å². The number of fused-ring (bicyclic) bond motifs is 1. The molecule has 2 amide bonds. The molecule has 0 aliphatic carbocycles. The highest BCUT2D eigenvalue weighted by Crippen LogP contribution is 2.48. The summed E-state index contributed by atoms with van der Waals surface area (Å²) in [6, 6.07) is 39.3. The highest BCUT2D eigenvalue weighted by atomic mass is 32.1. The Morgan fingerprint density at radius 3 is 1.39 bits per heavy atom. The molecule has 0 fully saturated rings. The second kappa shape index (κ2) is 20.6. The van der Waals surface area contributed by atoms with Gasteiger partial charge in [-0.3, -0.25) is 9.59 Å². The predicted octanol–water partition coefficient (Wildman–Crippen LogP) is 14.4. The highest BCUT2D eigenvalue weighted by Gasteiger charge is 2.48. The summed E-state index contributed by atoms with van der Waals surface area (Å²) < 4.78 is 0. The lowest BCUT2D eigenvalue weighted by Crippen LogP contribution is -2.31. The second-order valence-corrected chi connectivity index (χ2v) is 20.8. The van der Waals surface area contributed by atoms with Crippen molar-refractivity contribution in [3.05, 3.63) is 153 Å². The number of hydrogen-bond acceptors (Lipinski definition) is 6. The van der Waals surface area contributed by atoms with Crippen LogP contribution in [0, 0.1) is 11.3 Å². The molecule has 5 aromatic rings. The summed E-state index contributed by atoms with van der Waals surface area (Å²) in [6.07, 6.45) is 9.25. The molecule has 67 heavy (non-hydrogen) atoms. The van der Waals surface area contributed by atoms with E-state index in [-0.39, 0.29) is 28.2 Å². The number of nitriles is 1. The first-order valence-electron chi connectivity index (χ1n) is 23.9. The Morgan fingerprint density at radius 2 is 1.00 bits per heavy atom. The van der Waals surface area contributed by atoms with E-state index >= 15 is 9.59 Å². The number of carbonyl (C=O) groups is 3. The Labute approximate surface area is 401 Å². The van der Waals surface area contributed by atoms with Gasteiger partial charge in [-0.1, -0.05) is 155 Å². The van der Waals surface area contributed by atoms with Crippen LogP contribution in [0.3, 0.4) is 0 Å². The van der Waals surface area contributed by atoms with Gasteiger partial charge in [0.25, 0.3) is 11.8 Å². The van der Waals surface area contributed by atoms with Gasteiger partial charge >= 0.3 is 5.97 Å². The molecule has 1 aromatic heterocycles. The summed E-state index contributed by atoms with van der Waals surface area (Å²) in [5, 5.41) is 18.7. The zero-order valence-corrected chi connectivity index (χ0v) is 41.2. The van der Waals surface area contributed by atoms with Gasteiger partial charge in [0, 0.05) is 39.9 Å². The molecule has 0 spiro atoms. The number of nitrogens with zero attached hydrogens (tertiary/aromatic N) is 4. The van der Waals surface area contributed by atoms with Gasteiger partial charge in [0.2, 0.25) is 0 Å². The molecule has 9 heteroatoms. The van der Waals surface area contributed by atoms with E-state index in [1.54, 1.807) is 12.1 Å². The van der Waals surface area contributed by atoms with Crippen molar-refractivity contribution in [3.8, 4) is 16.5 Å². The molecule has 0 atom stereocenters. The maximum absolute atomic E-state index is 15.0. The van der Waals surface area contributed by atoms with E-state index in [1.165, 1.54) is 28.5 Å². The van der Waals surface area contributed by atoms with E-state index in [9.17, 15) is 15.2 Å². The maximum atomic E-state index is 15.0. The van der Waals surface area contributed by atoms with Crippen LogP contribution in [0.15, 0.2) is 126 Å². The number of rotatable bonds is 18. The van der Waals surface area contributed by atoms with Crippen LogP contribution in [0.1, 0.15) is 134 Å². The number of carbonyl (C=O) groups excluding carboxylic acids is 2. The molecule has 2 aliphatic rings. The van der Waals surface area contributed by atoms with Gasteiger partial charge in [-0.15, -0.1) is 11.3 Å². The fraction of sp³-hybridized carbons (Fsp3) is 0.345. The fourth-order valence-electron chi connectivity index (χ4n) is 8.92. The summed E-state index contributed by atoms with van der Waals surface area (Å²) in [5.41, 5.74) is 10.0. The number of carboxylic acids is 1. The number of anilines is 3. The minimum atomic E-state index is -1.27. The molecule has 7 rings (SSSR count). The van der Waals surface area contributed by atoms with E-state index in [1.807, 2.05) is 40.1 Å². The molecule has 3 heterocycles. The molecular formula is C58H64N4O4S. The average molecular weight is 913 g/mol. The Hall–Kier alpha value is -6.50. The fourth-order valence-corrected chi connectivity index (χ4v) is 9.87. The molecule has 0 saturated heterocycles. The standard InChI is InChI=1S/C58H64N4O4S/c1-9-11-13-15-35-60-52(40-19-17-39(18-20-40)49-34-33-48(67-49)37-42(38-59)56(65)66)50-51(55(60)64)53(61(54(50)63)36-16-14-12-10-2)41-21-27-45(28-22-41)62(46-29-23-43(24-30-46)57(3,4)5)47-31-25-44(26-32-47)58(6,7)8/h17-34,37H,9-16,35-36H2,1-8H3,(H,65,66)/b42-37-. The molecule has 0 radical (unpaired) electrons. The van der Waals surface area contributed by atoms with E-state index in [0.29, 0.717) is 40.5 Å². The molecule has 2 aliphatic heterocycles. The summed E-state index contributed by atoms with van der Waals surface area (Å²) in [6.45, 7) is 18.7. The Kier molecular flexibility index (Phi) is 14.9. The average Bonchev–Trinajstić information content (AvgIpc) is 3.98. The van der Waals surface area contributed by atoms with Gasteiger partial charge in [0.05, 0.1) is 22.5 Å². The van der Waals surface area contributed by atoms with Crippen LogP contribution >= 0.6 is 11.3 Å². The van der Waals surface area contributed by atoms with Crippen molar-refractivity contribution in [3.63, 3.8) is 0 Å². The Balaban J connectivity index is 1.32. The van der Waals surface area contributed by atoms with E-state index in [2.05, 4.69) is 133 Å². The minimum absolute atomic E-state index is 0.0117. The van der Waals surface area contributed by atoms with Gasteiger partial charge in [-0.25, -0.2) is 4.79 Å². The lowest BCUT2D eigenvalue weighted by atomic mass is 9.86. The number of hydrogen-bond donors (Lipinski definition) is 1. The Bertz CT molecular complexity index is 2680. The van der Waals surface area contributed by atoms with Crippen molar-refractivity contribution in [1.29, 1.82) is 5.26 Å². The first kappa shape index (κ1) is 48.4. The van der Waals surface area contributed by atoms with Crippen LogP contribution in [-0.2, 0) is 25.2 Å². The molecule has 0 bridgehead atoms. The number of thiophene rings is 1. The SMILES string of the molecule is CCCCCCN1C(=O)C2=C(c3ccc(N(c4ccc(C(C)(C)C)cc4)c4ccc(C(C)(C)C)cc4)cc3)N(CCCCCC)C(=O)C2=C1c1ccc(-c2ccc(/C=C(/C#N)C(=O)O)s2)cc1.